The maximum absolute atomic E-state index is 12.6. The number of likely N-dealkylation sites (tertiary alicyclic amines) is 1. The lowest BCUT2D eigenvalue weighted by molar-refractivity contribution is -0.139. The molecule has 0 aromatic carbocycles. The number of nitrogens with zero attached hydrogens (tertiary/aromatic N) is 4. The van der Waals surface area contributed by atoms with Gasteiger partial charge in [0.1, 0.15) is 0 Å². The van der Waals surface area contributed by atoms with E-state index < -0.39 is 0 Å². The van der Waals surface area contributed by atoms with Crippen molar-refractivity contribution in [2.24, 2.45) is 5.92 Å². The number of aryl methyl sites for hydroxylation is 1. The second-order valence-electron chi connectivity index (χ2n) is 6.91. The molecule has 1 amide bonds. The lowest BCUT2D eigenvalue weighted by Gasteiger charge is -2.35. The van der Waals surface area contributed by atoms with Crippen molar-refractivity contribution in [1.82, 2.24) is 19.5 Å². The molecule has 0 atom stereocenters. The quantitative estimate of drug-likeness (QED) is 0.848. The third kappa shape index (κ3) is 2.90. The van der Waals surface area contributed by atoms with Gasteiger partial charge in [-0.2, -0.15) is 5.10 Å². The van der Waals surface area contributed by atoms with Gasteiger partial charge in [0.05, 0.1) is 6.20 Å². The van der Waals surface area contributed by atoms with Crippen LogP contribution in [0.25, 0.3) is 5.65 Å². The number of rotatable bonds is 2. The van der Waals surface area contributed by atoms with Gasteiger partial charge in [0.15, 0.2) is 5.65 Å². The normalized spacial score (nSPS) is 20.6. The van der Waals surface area contributed by atoms with Crippen molar-refractivity contribution in [3.63, 3.8) is 0 Å². The van der Waals surface area contributed by atoms with E-state index in [0.29, 0.717) is 11.8 Å². The zero-order chi connectivity index (χ0) is 16.5. The molecule has 0 N–H and O–H groups in total. The topological polar surface area (TPSA) is 59.7 Å². The highest BCUT2D eigenvalue weighted by atomic mass is 16.5. The van der Waals surface area contributed by atoms with Gasteiger partial charge in [-0.3, -0.25) is 4.79 Å². The number of piperidine rings is 1. The smallest absolute Gasteiger partial charge is 0.225 e. The van der Waals surface area contributed by atoms with Crippen molar-refractivity contribution in [2.45, 2.75) is 38.5 Å². The molecular formula is C18H24N4O2. The van der Waals surface area contributed by atoms with Gasteiger partial charge in [0.25, 0.3) is 0 Å². The molecule has 2 aromatic heterocycles. The van der Waals surface area contributed by atoms with Gasteiger partial charge in [-0.1, -0.05) is 0 Å². The molecule has 4 heterocycles. The van der Waals surface area contributed by atoms with Crippen molar-refractivity contribution in [1.29, 1.82) is 0 Å². The second-order valence-corrected chi connectivity index (χ2v) is 6.91. The van der Waals surface area contributed by atoms with Crippen LogP contribution in [0.4, 0.5) is 0 Å². The molecule has 0 aliphatic carbocycles. The maximum Gasteiger partial charge on any atom is 0.225 e. The van der Waals surface area contributed by atoms with Crippen LogP contribution >= 0.6 is 0 Å². The van der Waals surface area contributed by atoms with Crippen LogP contribution in [0.3, 0.4) is 0 Å². The summed E-state index contributed by atoms with van der Waals surface area (Å²) in [5.74, 6) is 0.924. The first-order chi connectivity index (χ1) is 11.7. The molecule has 2 fully saturated rings. The van der Waals surface area contributed by atoms with E-state index in [0.717, 1.165) is 69.0 Å². The zero-order valence-corrected chi connectivity index (χ0v) is 14.1. The van der Waals surface area contributed by atoms with E-state index in [1.165, 1.54) is 0 Å². The highest BCUT2D eigenvalue weighted by Crippen LogP contribution is 2.29. The van der Waals surface area contributed by atoms with Crippen LogP contribution in [0, 0.1) is 12.8 Å². The Morgan fingerprint density at radius 1 is 1.21 bits per heavy atom. The SMILES string of the molecule is Cc1cc(C2CCN(C(=O)C3CCOCC3)CC2)nc2ccnn12. The molecule has 0 bridgehead atoms. The fourth-order valence-electron chi connectivity index (χ4n) is 3.90. The van der Waals surface area contributed by atoms with Gasteiger partial charge < -0.3 is 9.64 Å². The minimum absolute atomic E-state index is 0.166. The minimum Gasteiger partial charge on any atom is -0.381 e. The number of amides is 1. The number of carbonyl (C=O) groups excluding carboxylic acids is 1. The largest absolute Gasteiger partial charge is 0.381 e. The average molecular weight is 328 g/mol. The standard InChI is InChI=1S/C18H24N4O2/c1-13-12-16(20-17-2-7-19-22(13)17)14-3-8-21(9-4-14)18(23)15-5-10-24-11-6-15/h2,7,12,14-15H,3-6,8-11H2,1H3. The van der Waals surface area contributed by atoms with Gasteiger partial charge in [0, 0.05) is 55.6 Å². The number of hydrogen-bond acceptors (Lipinski definition) is 4. The first-order valence-electron chi connectivity index (χ1n) is 8.90. The Kier molecular flexibility index (Phi) is 4.22. The predicted octanol–water partition coefficient (Wildman–Crippen LogP) is 2.17. The summed E-state index contributed by atoms with van der Waals surface area (Å²) in [7, 11) is 0. The summed E-state index contributed by atoms with van der Waals surface area (Å²) in [6, 6.07) is 4.08. The Bertz CT molecular complexity index is 728. The van der Waals surface area contributed by atoms with Crippen LogP contribution in [0.1, 0.15) is 43.0 Å². The molecule has 0 saturated carbocycles. The Labute approximate surface area is 141 Å². The number of hydrogen-bond donors (Lipinski definition) is 0. The van der Waals surface area contributed by atoms with Crippen molar-refractivity contribution in [3.05, 3.63) is 29.7 Å². The van der Waals surface area contributed by atoms with Crippen molar-refractivity contribution in [2.75, 3.05) is 26.3 Å². The lowest BCUT2D eigenvalue weighted by atomic mass is 9.91. The Balaban J connectivity index is 1.42. The van der Waals surface area contributed by atoms with Gasteiger partial charge in [-0.25, -0.2) is 9.50 Å². The van der Waals surface area contributed by atoms with Gasteiger partial charge in [-0.15, -0.1) is 0 Å². The van der Waals surface area contributed by atoms with E-state index in [9.17, 15) is 4.79 Å². The molecule has 2 saturated heterocycles. The minimum atomic E-state index is 0.166. The van der Waals surface area contributed by atoms with Gasteiger partial charge in [-0.05, 0) is 38.7 Å². The summed E-state index contributed by atoms with van der Waals surface area (Å²) in [5.41, 5.74) is 3.16. The van der Waals surface area contributed by atoms with Gasteiger partial charge >= 0.3 is 0 Å². The third-order valence-corrected chi connectivity index (χ3v) is 5.35. The molecule has 4 rings (SSSR count). The first kappa shape index (κ1) is 15.6. The monoisotopic (exact) mass is 328 g/mol. The molecule has 6 nitrogen and oxygen atoms in total. The summed E-state index contributed by atoms with van der Waals surface area (Å²) >= 11 is 0. The first-order valence-corrected chi connectivity index (χ1v) is 8.90. The molecule has 24 heavy (non-hydrogen) atoms. The average Bonchev–Trinajstić information content (AvgIpc) is 3.11. The summed E-state index contributed by atoms with van der Waals surface area (Å²) in [6.07, 6.45) is 5.51. The van der Waals surface area contributed by atoms with E-state index in [4.69, 9.17) is 9.72 Å². The Morgan fingerprint density at radius 3 is 2.71 bits per heavy atom. The van der Waals surface area contributed by atoms with Crippen molar-refractivity contribution >= 4 is 11.6 Å². The number of aromatic nitrogens is 3. The van der Waals surface area contributed by atoms with Crippen LogP contribution in [0.15, 0.2) is 18.3 Å². The molecule has 2 aromatic rings. The summed E-state index contributed by atoms with van der Waals surface area (Å²) in [6.45, 7) is 5.19. The molecule has 0 unspecified atom stereocenters. The molecule has 2 aliphatic heterocycles. The Hall–Kier alpha value is -1.95. The van der Waals surface area contributed by atoms with E-state index in [2.05, 4.69) is 23.0 Å². The molecular weight excluding hydrogens is 304 g/mol. The summed E-state index contributed by atoms with van der Waals surface area (Å²) < 4.78 is 7.23. The fraction of sp³-hybridized carbons (Fsp3) is 0.611. The van der Waals surface area contributed by atoms with Crippen LogP contribution in [0.5, 0.6) is 0 Å². The summed E-state index contributed by atoms with van der Waals surface area (Å²) in [5, 5.41) is 4.28. The van der Waals surface area contributed by atoms with E-state index in [1.54, 1.807) is 6.20 Å². The van der Waals surface area contributed by atoms with Crippen LogP contribution in [-0.4, -0.2) is 51.7 Å². The maximum atomic E-state index is 12.6. The molecule has 6 heteroatoms. The predicted molar refractivity (Wildman–Crippen MR) is 89.8 cm³/mol. The van der Waals surface area contributed by atoms with E-state index in [-0.39, 0.29) is 5.92 Å². The zero-order valence-electron chi connectivity index (χ0n) is 14.1. The van der Waals surface area contributed by atoms with Crippen molar-refractivity contribution < 1.29 is 9.53 Å². The van der Waals surface area contributed by atoms with Crippen LogP contribution in [0.2, 0.25) is 0 Å². The lowest BCUT2D eigenvalue weighted by Crippen LogP contribution is -2.42. The molecule has 128 valence electrons. The second kappa shape index (κ2) is 6.51. The third-order valence-electron chi connectivity index (χ3n) is 5.35. The highest BCUT2D eigenvalue weighted by molar-refractivity contribution is 5.79. The number of carbonyl (C=O) groups is 1. The van der Waals surface area contributed by atoms with E-state index >= 15 is 0 Å². The van der Waals surface area contributed by atoms with Crippen LogP contribution in [-0.2, 0) is 9.53 Å². The van der Waals surface area contributed by atoms with Crippen molar-refractivity contribution in [3.8, 4) is 0 Å². The number of fused-ring (bicyclic) bond motifs is 1. The highest BCUT2D eigenvalue weighted by Gasteiger charge is 2.30. The van der Waals surface area contributed by atoms with E-state index in [1.807, 2.05) is 10.6 Å². The van der Waals surface area contributed by atoms with Crippen LogP contribution < -0.4 is 0 Å². The molecule has 0 spiro atoms. The Morgan fingerprint density at radius 2 is 1.96 bits per heavy atom. The number of ether oxygens (including phenoxy) is 1. The fourth-order valence-corrected chi connectivity index (χ4v) is 3.90. The summed E-state index contributed by atoms with van der Waals surface area (Å²) in [4.78, 5) is 19.4. The molecule has 2 aliphatic rings. The van der Waals surface area contributed by atoms with Gasteiger partial charge in [0.2, 0.25) is 5.91 Å². The molecule has 0 radical (unpaired) electrons.